The molecule has 0 aliphatic carbocycles. The number of carbonyl (C=O) groups excluding carboxylic acids is 2. The third-order valence-electron chi connectivity index (χ3n) is 6.68. The first-order chi connectivity index (χ1) is 18.2. The van der Waals surface area contributed by atoms with Gasteiger partial charge in [-0.2, -0.15) is 0 Å². The van der Waals surface area contributed by atoms with Gasteiger partial charge in [-0.3, -0.25) is 14.5 Å². The zero-order valence-electron chi connectivity index (χ0n) is 21.9. The SMILES string of the molecule is CC(C)Oc1ccc(N2C(=O)C(=O)/C(=C(\O)c3ccc4ccccc4c3)C2c2ccc(N(C)C)cc2)cc1. The van der Waals surface area contributed by atoms with E-state index in [9.17, 15) is 14.7 Å². The Bertz CT molecular complexity index is 1540. The lowest BCUT2D eigenvalue weighted by Gasteiger charge is -2.26. The van der Waals surface area contributed by atoms with Crippen molar-refractivity contribution < 1.29 is 19.4 Å². The number of hydrogen-bond acceptors (Lipinski definition) is 5. The van der Waals surface area contributed by atoms with Crippen LogP contribution in [0.4, 0.5) is 11.4 Å². The van der Waals surface area contributed by atoms with E-state index >= 15 is 0 Å². The van der Waals surface area contributed by atoms with Crippen molar-refractivity contribution in [1.29, 1.82) is 0 Å². The molecule has 1 amide bonds. The van der Waals surface area contributed by atoms with Gasteiger partial charge in [-0.15, -0.1) is 0 Å². The largest absolute Gasteiger partial charge is 0.507 e. The highest BCUT2D eigenvalue weighted by atomic mass is 16.5. The number of aliphatic hydroxyl groups is 1. The van der Waals surface area contributed by atoms with Crippen LogP contribution in [-0.4, -0.2) is 37.0 Å². The molecule has 0 radical (unpaired) electrons. The molecule has 1 unspecified atom stereocenters. The Balaban J connectivity index is 1.66. The van der Waals surface area contributed by atoms with E-state index in [2.05, 4.69) is 0 Å². The minimum absolute atomic E-state index is 0.00671. The molecule has 0 bridgehead atoms. The van der Waals surface area contributed by atoms with Crippen LogP contribution in [0.5, 0.6) is 5.75 Å². The number of fused-ring (bicyclic) bond motifs is 1. The van der Waals surface area contributed by atoms with Gasteiger partial charge in [0.1, 0.15) is 11.5 Å². The molecule has 1 aliphatic heterocycles. The van der Waals surface area contributed by atoms with E-state index in [1.807, 2.05) is 93.5 Å². The van der Waals surface area contributed by atoms with Crippen molar-refractivity contribution in [3.05, 3.63) is 108 Å². The summed E-state index contributed by atoms with van der Waals surface area (Å²) in [7, 11) is 3.89. The summed E-state index contributed by atoms with van der Waals surface area (Å²) >= 11 is 0. The first-order valence-corrected chi connectivity index (χ1v) is 12.6. The van der Waals surface area contributed by atoms with Gasteiger partial charge in [-0.25, -0.2) is 0 Å². The number of Topliss-reactive ketones (excluding diaryl/α,β-unsaturated/α-hetero) is 1. The van der Waals surface area contributed by atoms with Gasteiger partial charge in [0, 0.05) is 31.0 Å². The van der Waals surface area contributed by atoms with Crippen LogP contribution in [0, 0.1) is 0 Å². The fourth-order valence-corrected chi connectivity index (χ4v) is 4.82. The fraction of sp³-hybridized carbons (Fsp3) is 0.188. The second-order valence-electron chi connectivity index (χ2n) is 9.88. The van der Waals surface area contributed by atoms with E-state index in [0.29, 0.717) is 17.0 Å². The summed E-state index contributed by atoms with van der Waals surface area (Å²) in [5.74, 6) is -0.937. The number of nitrogens with zero attached hydrogens (tertiary/aromatic N) is 2. The third-order valence-corrected chi connectivity index (χ3v) is 6.68. The lowest BCUT2D eigenvalue weighted by atomic mass is 9.94. The first kappa shape index (κ1) is 25.1. The Labute approximate surface area is 222 Å². The summed E-state index contributed by atoms with van der Waals surface area (Å²) < 4.78 is 5.75. The van der Waals surface area contributed by atoms with Crippen LogP contribution in [0.1, 0.15) is 31.0 Å². The van der Waals surface area contributed by atoms with Crippen molar-refractivity contribution in [2.45, 2.75) is 26.0 Å². The number of ether oxygens (including phenoxy) is 1. The Hall–Kier alpha value is -4.58. The molecule has 4 aromatic carbocycles. The molecule has 1 heterocycles. The highest BCUT2D eigenvalue weighted by Gasteiger charge is 2.47. The van der Waals surface area contributed by atoms with Crippen LogP contribution in [-0.2, 0) is 9.59 Å². The van der Waals surface area contributed by atoms with Gasteiger partial charge in [0.05, 0.1) is 17.7 Å². The van der Waals surface area contributed by atoms with Crippen LogP contribution in [0.3, 0.4) is 0 Å². The summed E-state index contributed by atoms with van der Waals surface area (Å²) in [5, 5.41) is 13.4. The molecule has 0 aromatic heterocycles. The second-order valence-corrected chi connectivity index (χ2v) is 9.88. The van der Waals surface area contributed by atoms with Crippen LogP contribution in [0.2, 0.25) is 0 Å². The Morgan fingerprint density at radius 3 is 2.16 bits per heavy atom. The maximum Gasteiger partial charge on any atom is 0.300 e. The summed E-state index contributed by atoms with van der Waals surface area (Å²) in [6, 6.07) is 27.3. The molecule has 0 spiro atoms. The Morgan fingerprint density at radius 1 is 0.868 bits per heavy atom. The van der Waals surface area contributed by atoms with Gasteiger partial charge in [0.25, 0.3) is 11.7 Å². The highest BCUT2D eigenvalue weighted by molar-refractivity contribution is 6.51. The average molecular weight is 507 g/mol. The maximum atomic E-state index is 13.5. The Kier molecular flexibility index (Phi) is 6.64. The molecule has 5 rings (SSSR count). The van der Waals surface area contributed by atoms with Crippen LogP contribution < -0.4 is 14.5 Å². The number of aliphatic hydroxyl groups excluding tert-OH is 1. The van der Waals surface area contributed by atoms with E-state index < -0.39 is 17.7 Å². The normalized spacial score (nSPS) is 16.9. The maximum absolute atomic E-state index is 13.5. The number of ketones is 1. The van der Waals surface area contributed by atoms with Gasteiger partial charge < -0.3 is 14.7 Å². The highest BCUT2D eigenvalue weighted by Crippen LogP contribution is 2.43. The molecule has 1 atom stereocenters. The summed E-state index contributed by atoms with van der Waals surface area (Å²) in [5.41, 5.74) is 2.79. The summed E-state index contributed by atoms with van der Waals surface area (Å²) in [6.45, 7) is 3.88. The minimum atomic E-state index is -0.797. The summed E-state index contributed by atoms with van der Waals surface area (Å²) in [4.78, 5) is 30.4. The van der Waals surface area contributed by atoms with Gasteiger partial charge in [0.15, 0.2) is 0 Å². The van der Waals surface area contributed by atoms with E-state index in [1.165, 1.54) is 4.90 Å². The van der Waals surface area contributed by atoms with Crippen molar-refractivity contribution in [3.63, 3.8) is 0 Å². The number of rotatable bonds is 6. The third kappa shape index (κ3) is 4.61. The molecule has 6 heteroatoms. The standard InChI is InChI=1S/C32H30N2O4/c1-20(2)38-27-17-15-26(16-18-27)34-29(22-11-13-25(14-12-22)33(3)4)28(31(36)32(34)37)30(35)24-10-9-21-7-5-6-8-23(21)19-24/h5-20,29,35H,1-4H3/b30-28-. The number of anilines is 2. The zero-order chi connectivity index (χ0) is 27.0. The molecule has 1 aliphatic rings. The molecule has 6 nitrogen and oxygen atoms in total. The van der Waals surface area contributed by atoms with Crippen molar-refractivity contribution in [2.24, 2.45) is 0 Å². The molecule has 1 saturated heterocycles. The predicted octanol–water partition coefficient (Wildman–Crippen LogP) is 6.32. The summed E-state index contributed by atoms with van der Waals surface area (Å²) in [6.07, 6.45) is 0.00671. The van der Waals surface area contributed by atoms with E-state index in [0.717, 1.165) is 22.0 Å². The number of amides is 1. The van der Waals surface area contributed by atoms with Crippen LogP contribution in [0.15, 0.2) is 96.6 Å². The molecular weight excluding hydrogens is 476 g/mol. The number of benzene rings is 4. The lowest BCUT2D eigenvalue weighted by Crippen LogP contribution is -2.29. The van der Waals surface area contributed by atoms with Crippen molar-refractivity contribution in [1.82, 2.24) is 0 Å². The lowest BCUT2D eigenvalue weighted by molar-refractivity contribution is -0.132. The molecule has 0 saturated carbocycles. The van der Waals surface area contributed by atoms with Crippen LogP contribution in [0.25, 0.3) is 16.5 Å². The topological polar surface area (TPSA) is 70.1 Å². The van der Waals surface area contributed by atoms with Gasteiger partial charge in [-0.1, -0.05) is 48.5 Å². The zero-order valence-corrected chi connectivity index (χ0v) is 21.9. The molecule has 38 heavy (non-hydrogen) atoms. The Morgan fingerprint density at radius 2 is 1.53 bits per heavy atom. The fourth-order valence-electron chi connectivity index (χ4n) is 4.82. The number of hydrogen-bond donors (Lipinski definition) is 1. The minimum Gasteiger partial charge on any atom is -0.507 e. The van der Waals surface area contributed by atoms with Crippen molar-refractivity contribution >= 4 is 39.6 Å². The molecule has 1 fully saturated rings. The van der Waals surface area contributed by atoms with Gasteiger partial charge >= 0.3 is 0 Å². The first-order valence-electron chi connectivity index (χ1n) is 12.6. The second kappa shape index (κ2) is 10.1. The van der Waals surface area contributed by atoms with Crippen molar-refractivity contribution in [2.75, 3.05) is 23.9 Å². The quantitative estimate of drug-likeness (QED) is 0.188. The average Bonchev–Trinajstić information content (AvgIpc) is 3.18. The van der Waals surface area contributed by atoms with E-state index in [1.54, 1.807) is 30.3 Å². The predicted molar refractivity (Wildman–Crippen MR) is 152 cm³/mol. The van der Waals surface area contributed by atoms with Crippen molar-refractivity contribution in [3.8, 4) is 5.75 Å². The van der Waals surface area contributed by atoms with E-state index in [4.69, 9.17) is 4.74 Å². The van der Waals surface area contributed by atoms with E-state index in [-0.39, 0.29) is 17.4 Å². The van der Waals surface area contributed by atoms with Crippen LogP contribution >= 0.6 is 0 Å². The number of carbonyl (C=O) groups is 2. The van der Waals surface area contributed by atoms with Gasteiger partial charge in [0.2, 0.25) is 0 Å². The van der Waals surface area contributed by atoms with Gasteiger partial charge in [-0.05, 0) is 72.6 Å². The molecular formula is C32H30N2O4. The monoisotopic (exact) mass is 506 g/mol. The molecule has 4 aromatic rings. The smallest absolute Gasteiger partial charge is 0.300 e. The molecule has 192 valence electrons. The molecule has 1 N–H and O–H groups in total.